The van der Waals surface area contributed by atoms with Crippen LogP contribution in [0, 0.1) is 6.92 Å². The Labute approximate surface area is 259 Å². The summed E-state index contributed by atoms with van der Waals surface area (Å²) in [6.45, 7) is 9.98. The number of benzene rings is 4. The minimum Gasteiger partial charge on any atom is -0.460 e. The molecule has 3 aliphatic rings. The fourth-order valence-electron chi connectivity index (χ4n) is 8.04. The molecule has 2 aliphatic heterocycles. The van der Waals surface area contributed by atoms with Crippen molar-refractivity contribution in [2.75, 3.05) is 6.54 Å². The minimum atomic E-state index is -1.12. The first-order chi connectivity index (χ1) is 21.2. The molecule has 0 aromatic heterocycles. The molecular formula is C39H37NO4. The van der Waals surface area contributed by atoms with E-state index in [0.29, 0.717) is 18.5 Å². The Morgan fingerprint density at radius 1 is 0.682 bits per heavy atom. The van der Waals surface area contributed by atoms with Gasteiger partial charge in [-0.25, -0.2) is 9.59 Å². The molecule has 1 spiro atoms. The van der Waals surface area contributed by atoms with Crippen molar-refractivity contribution in [1.82, 2.24) is 4.90 Å². The van der Waals surface area contributed by atoms with Crippen LogP contribution in [0.15, 0.2) is 108 Å². The zero-order valence-electron chi connectivity index (χ0n) is 25.9. The Kier molecular flexibility index (Phi) is 6.54. The zero-order valence-corrected chi connectivity index (χ0v) is 25.9. The average Bonchev–Trinajstić information content (AvgIpc) is 3.46. The highest BCUT2D eigenvalue weighted by Crippen LogP contribution is 2.70. The molecule has 0 saturated carbocycles. The summed E-state index contributed by atoms with van der Waals surface area (Å²) < 4.78 is 12.1. The van der Waals surface area contributed by atoms with E-state index in [4.69, 9.17) is 9.47 Å². The van der Waals surface area contributed by atoms with E-state index >= 15 is 0 Å². The van der Waals surface area contributed by atoms with Gasteiger partial charge in [0.1, 0.15) is 11.2 Å². The second kappa shape index (κ2) is 10.2. The van der Waals surface area contributed by atoms with Gasteiger partial charge in [0.2, 0.25) is 0 Å². The van der Waals surface area contributed by atoms with Crippen molar-refractivity contribution in [2.45, 2.75) is 64.2 Å². The number of esters is 2. The smallest absolute Gasteiger partial charge is 0.355 e. The first-order valence-electron chi connectivity index (χ1n) is 15.5. The van der Waals surface area contributed by atoms with Crippen LogP contribution >= 0.6 is 0 Å². The van der Waals surface area contributed by atoms with Crippen molar-refractivity contribution in [3.8, 4) is 11.1 Å². The van der Waals surface area contributed by atoms with E-state index in [0.717, 1.165) is 38.9 Å². The van der Waals surface area contributed by atoms with E-state index in [-0.39, 0.29) is 17.9 Å². The van der Waals surface area contributed by atoms with Crippen molar-refractivity contribution in [1.29, 1.82) is 0 Å². The summed E-state index contributed by atoms with van der Waals surface area (Å²) in [5.41, 5.74) is 6.96. The maximum absolute atomic E-state index is 14.8. The van der Waals surface area contributed by atoms with Crippen molar-refractivity contribution in [3.63, 3.8) is 0 Å². The predicted molar refractivity (Wildman–Crippen MR) is 171 cm³/mol. The SMILES string of the molecule is Cc1ccc(C23c4ccccc4CCN2C(C(=O)OC(C)C)=C(C(=O)OC(C)C)C32c3ccccc3-c3ccccc32)cc1. The molecule has 0 radical (unpaired) electrons. The molecule has 5 nitrogen and oxygen atoms in total. The standard InChI is InChI=1S/C39H37NO4/c1-24(2)43-36(41)34-35(37(42)44-25(3)4)40-23-22-27-12-6-9-15-31(27)39(40,28-20-18-26(5)19-21-28)38(34)32-16-10-7-13-29(32)30-14-8-11-17-33(30)38/h6-21,24-25H,22-23H2,1-5H3. The number of rotatable bonds is 5. The second-order valence-corrected chi connectivity index (χ2v) is 12.6. The topological polar surface area (TPSA) is 55.8 Å². The Morgan fingerprint density at radius 3 is 1.80 bits per heavy atom. The maximum atomic E-state index is 14.8. The van der Waals surface area contributed by atoms with Gasteiger partial charge in [-0.2, -0.15) is 0 Å². The zero-order chi connectivity index (χ0) is 30.8. The molecular weight excluding hydrogens is 546 g/mol. The lowest BCUT2D eigenvalue weighted by molar-refractivity contribution is -0.147. The molecule has 0 N–H and O–H groups in total. The van der Waals surface area contributed by atoms with Crippen LogP contribution in [0.4, 0.5) is 0 Å². The number of hydrogen-bond acceptors (Lipinski definition) is 5. The maximum Gasteiger partial charge on any atom is 0.355 e. The lowest BCUT2D eigenvalue weighted by Gasteiger charge is -2.54. The van der Waals surface area contributed by atoms with Crippen LogP contribution < -0.4 is 0 Å². The van der Waals surface area contributed by atoms with Gasteiger partial charge in [0, 0.05) is 6.54 Å². The summed E-state index contributed by atoms with van der Waals surface area (Å²) in [5, 5.41) is 0. The number of fused-ring (bicyclic) bond motifs is 9. The quantitative estimate of drug-likeness (QED) is 0.232. The van der Waals surface area contributed by atoms with Crippen LogP contribution in [-0.4, -0.2) is 35.6 Å². The average molecular weight is 584 g/mol. The molecule has 2 heterocycles. The van der Waals surface area contributed by atoms with Crippen molar-refractivity contribution < 1.29 is 19.1 Å². The Hall–Kier alpha value is -4.64. The van der Waals surface area contributed by atoms with Crippen LogP contribution in [0.5, 0.6) is 0 Å². The number of carbonyl (C=O) groups is 2. The molecule has 0 fully saturated rings. The van der Waals surface area contributed by atoms with E-state index in [1.54, 1.807) is 0 Å². The molecule has 222 valence electrons. The van der Waals surface area contributed by atoms with Crippen molar-refractivity contribution >= 4 is 11.9 Å². The lowest BCUT2D eigenvalue weighted by atomic mass is 9.54. The fraction of sp³-hybridized carbons (Fsp3) is 0.282. The Bertz CT molecular complexity index is 1790. The van der Waals surface area contributed by atoms with Gasteiger partial charge in [-0.3, -0.25) is 0 Å². The van der Waals surface area contributed by atoms with Crippen LogP contribution in [0.1, 0.15) is 61.1 Å². The van der Waals surface area contributed by atoms with E-state index < -0.39 is 22.9 Å². The van der Waals surface area contributed by atoms with E-state index in [9.17, 15) is 9.59 Å². The monoisotopic (exact) mass is 583 g/mol. The molecule has 1 atom stereocenters. The van der Waals surface area contributed by atoms with Crippen molar-refractivity contribution in [3.05, 3.63) is 142 Å². The highest BCUT2D eigenvalue weighted by atomic mass is 16.5. The van der Waals surface area contributed by atoms with Crippen molar-refractivity contribution in [2.24, 2.45) is 0 Å². The van der Waals surface area contributed by atoms with Gasteiger partial charge >= 0.3 is 11.9 Å². The summed E-state index contributed by atoms with van der Waals surface area (Å²) in [7, 11) is 0. The van der Waals surface area contributed by atoms with Gasteiger partial charge in [0.05, 0.1) is 23.2 Å². The molecule has 7 rings (SSSR count). The molecule has 0 saturated heterocycles. The summed E-state index contributed by atoms with van der Waals surface area (Å²) in [6.07, 6.45) is -0.0434. The molecule has 4 aromatic carbocycles. The van der Waals surface area contributed by atoms with Crippen LogP contribution in [0.25, 0.3) is 11.1 Å². The number of carbonyl (C=O) groups excluding carboxylic acids is 2. The third-order valence-electron chi connectivity index (χ3n) is 9.35. The van der Waals surface area contributed by atoms with Crippen LogP contribution in [-0.2, 0) is 36.4 Å². The third kappa shape index (κ3) is 3.65. The number of ether oxygens (including phenoxy) is 2. The van der Waals surface area contributed by atoms with Gasteiger partial charge < -0.3 is 14.4 Å². The molecule has 5 heteroatoms. The highest BCUT2D eigenvalue weighted by Gasteiger charge is 2.72. The Balaban J connectivity index is 1.74. The number of aryl methyl sites for hydroxylation is 1. The first-order valence-corrected chi connectivity index (χ1v) is 15.5. The second-order valence-electron chi connectivity index (χ2n) is 12.6. The summed E-state index contributed by atoms with van der Waals surface area (Å²) >= 11 is 0. The van der Waals surface area contributed by atoms with Crippen LogP contribution in [0.3, 0.4) is 0 Å². The molecule has 0 amide bonds. The normalized spacial score (nSPS) is 19.1. The summed E-state index contributed by atoms with van der Waals surface area (Å²) in [6, 6.07) is 33.7. The fourth-order valence-corrected chi connectivity index (χ4v) is 8.04. The summed E-state index contributed by atoms with van der Waals surface area (Å²) in [4.78, 5) is 31.5. The van der Waals surface area contributed by atoms with Gasteiger partial charge in [-0.15, -0.1) is 0 Å². The molecule has 44 heavy (non-hydrogen) atoms. The molecule has 0 bridgehead atoms. The molecule has 4 aromatic rings. The van der Waals surface area contributed by atoms with Gasteiger partial charge in [0.15, 0.2) is 0 Å². The van der Waals surface area contributed by atoms with Crippen LogP contribution in [0.2, 0.25) is 0 Å². The predicted octanol–water partition coefficient (Wildman–Crippen LogP) is 7.23. The first kappa shape index (κ1) is 28.1. The summed E-state index contributed by atoms with van der Waals surface area (Å²) in [5.74, 6) is -1.01. The number of nitrogens with zero attached hydrogens (tertiary/aromatic N) is 1. The number of hydrogen-bond donors (Lipinski definition) is 0. The largest absolute Gasteiger partial charge is 0.460 e. The van der Waals surface area contributed by atoms with Gasteiger partial charge in [-0.05, 0) is 80.0 Å². The van der Waals surface area contributed by atoms with Gasteiger partial charge in [-0.1, -0.05) is 103 Å². The van der Waals surface area contributed by atoms with E-state index in [1.165, 1.54) is 5.56 Å². The van der Waals surface area contributed by atoms with E-state index in [1.807, 2.05) is 52.0 Å². The van der Waals surface area contributed by atoms with Gasteiger partial charge in [0.25, 0.3) is 0 Å². The van der Waals surface area contributed by atoms with E-state index in [2.05, 4.69) is 84.6 Å². The minimum absolute atomic E-state index is 0.283. The molecule has 1 unspecified atom stereocenters. The Morgan fingerprint density at radius 2 is 1.20 bits per heavy atom. The highest BCUT2D eigenvalue weighted by molar-refractivity contribution is 6.08. The lowest BCUT2D eigenvalue weighted by Crippen LogP contribution is -2.59. The third-order valence-corrected chi connectivity index (χ3v) is 9.35. The molecule has 1 aliphatic carbocycles.